The van der Waals surface area contributed by atoms with E-state index < -0.39 is 0 Å². The number of methoxy groups -OCH3 is 2. The van der Waals surface area contributed by atoms with E-state index in [1.54, 1.807) is 30.3 Å². The van der Waals surface area contributed by atoms with Gasteiger partial charge in [-0.25, -0.2) is 9.37 Å². The largest absolute Gasteiger partial charge is 0.493 e. The summed E-state index contributed by atoms with van der Waals surface area (Å²) in [6.45, 7) is 4.08. The molecule has 0 unspecified atom stereocenters. The van der Waals surface area contributed by atoms with Gasteiger partial charge in [0, 0.05) is 34.7 Å². The molecule has 4 rings (SSSR count). The van der Waals surface area contributed by atoms with Gasteiger partial charge in [0.2, 0.25) is 0 Å². The number of Topliss-reactive ketones (excluding diaryl/α,β-unsaturated/α-hetero) is 2. The summed E-state index contributed by atoms with van der Waals surface area (Å²) in [7, 11) is 3.03. The molecule has 4 aromatic rings. The Labute approximate surface area is 207 Å². The number of pyridine rings is 1. The maximum absolute atomic E-state index is 14.2. The van der Waals surface area contributed by atoms with Crippen molar-refractivity contribution in [2.45, 2.75) is 32.6 Å². The molecule has 0 aliphatic rings. The molecule has 0 saturated carbocycles. The van der Waals surface area contributed by atoms with E-state index in [4.69, 9.17) is 9.47 Å². The topological polar surface area (TPSA) is 65.5 Å². The van der Waals surface area contributed by atoms with Crippen LogP contribution < -0.4 is 9.47 Å². The van der Waals surface area contributed by atoms with E-state index in [2.05, 4.69) is 4.98 Å². The zero-order valence-corrected chi connectivity index (χ0v) is 20.9. The van der Waals surface area contributed by atoms with Gasteiger partial charge in [-0.1, -0.05) is 26.0 Å². The number of hydrogen-bond acceptors (Lipinski definition) is 6. The first kappa shape index (κ1) is 24.5. The van der Waals surface area contributed by atoms with Gasteiger partial charge >= 0.3 is 0 Å². The lowest BCUT2D eigenvalue weighted by molar-refractivity contribution is 0.0915. The number of nitrogens with zero attached hydrogens (tertiary/aromatic N) is 1. The van der Waals surface area contributed by atoms with Crippen LogP contribution in [-0.4, -0.2) is 30.8 Å². The van der Waals surface area contributed by atoms with Crippen molar-refractivity contribution in [1.82, 2.24) is 4.98 Å². The van der Waals surface area contributed by atoms with Gasteiger partial charge in [-0.05, 0) is 47.9 Å². The number of ether oxygens (including phenoxy) is 2. The van der Waals surface area contributed by atoms with E-state index in [0.29, 0.717) is 33.2 Å². The third-order valence-corrected chi connectivity index (χ3v) is 6.92. The third kappa shape index (κ3) is 5.10. The van der Waals surface area contributed by atoms with Crippen LogP contribution in [0.4, 0.5) is 4.39 Å². The van der Waals surface area contributed by atoms with Crippen LogP contribution in [0, 0.1) is 5.82 Å². The molecule has 180 valence electrons. The molecule has 0 atom stereocenters. The van der Waals surface area contributed by atoms with Crippen molar-refractivity contribution in [2.75, 3.05) is 14.2 Å². The van der Waals surface area contributed by atoms with Crippen molar-refractivity contribution in [3.05, 3.63) is 76.5 Å². The van der Waals surface area contributed by atoms with Crippen LogP contribution in [0.25, 0.3) is 21.3 Å². The summed E-state index contributed by atoms with van der Waals surface area (Å²) in [5.41, 5.74) is 3.14. The number of hydrogen-bond donors (Lipinski definition) is 0. The zero-order chi connectivity index (χ0) is 25.1. The molecular weight excluding hydrogens is 465 g/mol. The number of aromatic nitrogens is 1. The number of halogens is 1. The molecule has 2 heterocycles. The zero-order valence-electron chi connectivity index (χ0n) is 20.1. The van der Waals surface area contributed by atoms with Crippen molar-refractivity contribution in [1.29, 1.82) is 0 Å². The summed E-state index contributed by atoms with van der Waals surface area (Å²) in [6.07, 6.45) is 0.0734. The van der Waals surface area contributed by atoms with Crippen LogP contribution in [0.5, 0.6) is 11.5 Å². The Morgan fingerprint density at radius 3 is 2.43 bits per heavy atom. The molecule has 0 fully saturated rings. The maximum Gasteiger partial charge on any atom is 0.181 e. The van der Waals surface area contributed by atoms with Gasteiger partial charge in [0.15, 0.2) is 23.1 Å². The Morgan fingerprint density at radius 2 is 1.71 bits per heavy atom. The predicted molar refractivity (Wildman–Crippen MR) is 137 cm³/mol. The molecule has 2 aromatic heterocycles. The molecule has 0 bridgehead atoms. The Hall–Kier alpha value is -3.58. The van der Waals surface area contributed by atoms with E-state index in [0.717, 1.165) is 16.5 Å². The number of fused-ring (bicyclic) bond motifs is 1. The normalized spacial score (nSPS) is 11.1. The van der Waals surface area contributed by atoms with Gasteiger partial charge in [0.1, 0.15) is 11.5 Å². The van der Waals surface area contributed by atoms with E-state index in [1.165, 1.54) is 31.6 Å². The van der Waals surface area contributed by atoms with Gasteiger partial charge in [-0.3, -0.25) is 9.59 Å². The molecule has 5 nitrogen and oxygen atoms in total. The van der Waals surface area contributed by atoms with E-state index in [1.807, 2.05) is 31.4 Å². The number of ketones is 2. The Kier molecular flexibility index (Phi) is 7.26. The van der Waals surface area contributed by atoms with E-state index in [9.17, 15) is 14.0 Å². The fraction of sp³-hybridized carbons (Fsp3) is 0.250. The highest BCUT2D eigenvalue weighted by Gasteiger charge is 2.18. The second-order valence-corrected chi connectivity index (χ2v) is 9.39. The van der Waals surface area contributed by atoms with Gasteiger partial charge in [0.25, 0.3) is 0 Å². The molecule has 35 heavy (non-hydrogen) atoms. The highest BCUT2D eigenvalue weighted by Crippen LogP contribution is 2.36. The van der Waals surface area contributed by atoms with Crippen molar-refractivity contribution in [2.24, 2.45) is 0 Å². The summed E-state index contributed by atoms with van der Waals surface area (Å²) in [6, 6.07) is 13.6. The smallest absolute Gasteiger partial charge is 0.181 e. The van der Waals surface area contributed by atoms with Crippen molar-refractivity contribution in [3.63, 3.8) is 0 Å². The van der Waals surface area contributed by atoms with E-state index in [-0.39, 0.29) is 36.1 Å². The predicted octanol–water partition coefficient (Wildman–Crippen LogP) is 7.09. The van der Waals surface area contributed by atoms with Crippen LogP contribution in [0.15, 0.2) is 53.9 Å². The quantitative estimate of drug-likeness (QED) is 0.234. The Bertz CT molecular complexity index is 1410. The Morgan fingerprint density at radius 1 is 0.971 bits per heavy atom. The summed E-state index contributed by atoms with van der Waals surface area (Å²) in [5, 5.41) is 2.64. The maximum atomic E-state index is 14.2. The van der Waals surface area contributed by atoms with Gasteiger partial charge in [-0.15, -0.1) is 11.3 Å². The number of rotatable bonds is 9. The molecule has 0 radical (unpaired) electrons. The molecule has 0 N–H and O–H groups in total. The fourth-order valence-electron chi connectivity index (χ4n) is 3.90. The molecular formula is C28H26FNO4S. The SMILES string of the molecule is COc1ccc(C(=O)CCC(=O)c2cc(C(C)C)cc(-c3csc4c(F)cccc34)n2)cc1OC. The molecule has 0 aliphatic carbocycles. The Balaban J connectivity index is 1.59. The molecule has 0 aliphatic heterocycles. The lowest BCUT2D eigenvalue weighted by Gasteiger charge is -2.11. The monoisotopic (exact) mass is 491 g/mol. The third-order valence-electron chi connectivity index (χ3n) is 5.91. The highest BCUT2D eigenvalue weighted by molar-refractivity contribution is 7.17. The molecule has 2 aromatic carbocycles. The summed E-state index contributed by atoms with van der Waals surface area (Å²) >= 11 is 1.32. The first-order valence-electron chi connectivity index (χ1n) is 11.3. The summed E-state index contributed by atoms with van der Waals surface area (Å²) in [4.78, 5) is 30.5. The lowest BCUT2D eigenvalue weighted by atomic mass is 9.97. The summed E-state index contributed by atoms with van der Waals surface area (Å²) < 4.78 is 25.3. The average molecular weight is 492 g/mol. The number of thiophene rings is 1. The number of carbonyl (C=O) groups excluding carboxylic acids is 2. The number of carbonyl (C=O) groups is 2. The van der Waals surface area contributed by atoms with Gasteiger partial charge in [0.05, 0.1) is 24.6 Å². The average Bonchev–Trinajstić information content (AvgIpc) is 3.31. The van der Waals surface area contributed by atoms with Crippen LogP contribution >= 0.6 is 11.3 Å². The standard InChI is InChI=1S/C28H26FNO4S/c1-16(2)18-12-22(20-15-35-28-19(20)6-5-7-21(28)29)30-23(13-18)25(32)10-9-24(31)17-8-11-26(33-3)27(14-17)34-4/h5-8,11-16H,9-10H2,1-4H3. The second kappa shape index (κ2) is 10.4. The highest BCUT2D eigenvalue weighted by atomic mass is 32.1. The van der Waals surface area contributed by atoms with Crippen molar-refractivity contribution in [3.8, 4) is 22.8 Å². The van der Waals surface area contributed by atoms with Gasteiger partial charge < -0.3 is 9.47 Å². The number of benzene rings is 2. The van der Waals surface area contributed by atoms with Gasteiger partial charge in [-0.2, -0.15) is 0 Å². The molecule has 0 saturated heterocycles. The first-order valence-corrected chi connectivity index (χ1v) is 12.2. The second-order valence-electron chi connectivity index (χ2n) is 8.51. The van der Waals surface area contributed by atoms with Crippen LogP contribution in [0.3, 0.4) is 0 Å². The minimum Gasteiger partial charge on any atom is -0.493 e. The van der Waals surface area contributed by atoms with Crippen molar-refractivity contribution < 1.29 is 23.5 Å². The molecule has 7 heteroatoms. The first-order chi connectivity index (χ1) is 16.8. The summed E-state index contributed by atoms with van der Waals surface area (Å²) in [5.74, 6) is 0.498. The van der Waals surface area contributed by atoms with Crippen LogP contribution in [0.2, 0.25) is 0 Å². The molecule has 0 spiro atoms. The fourth-order valence-corrected chi connectivity index (χ4v) is 4.86. The molecule has 0 amide bonds. The minimum absolute atomic E-state index is 0.0280. The van der Waals surface area contributed by atoms with E-state index >= 15 is 0 Å². The minimum atomic E-state index is -0.274. The lowest BCUT2D eigenvalue weighted by Crippen LogP contribution is -2.09. The van der Waals surface area contributed by atoms with Crippen molar-refractivity contribution >= 4 is 33.0 Å². The van der Waals surface area contributed by atoms with Crippen LogP contribution in [0.1, 0.15) is 59.0 Å². The van der Waals surface area contributed by atoms with Crippen LogP contribution in [-0.2, 0) is 0 Å².